The van der Waals surface area contributed by atoms with E-state index >= 15 is 0 Å². The molecule has 0 fully saturated rings. The molecular formula is C29H22Cl3NO2. The third-order valence-corrected chi connectivity index (χ3v) is 6.24. The van der Waals surface area contributed by atoms with Crippen molar-refractivity contribution < 1.29 is 9.84 Å². The van der Waals surface area contributed by atoms with Crippen molar-refractivity contribution in [2.24, 2.45) is 0 Å². The molecule has 0 saturated carbocycles. The van der Waals surface area contributed by atoms with Crippen LogP contribution in [0.2, 0.25) is 15.1 Å². The molecule has 1 N–H and O–H groups in total. The van der Waals surface area contributed by atoms with Crippen LogP contribution in [0, 0.1) is 0 Å². The van der Waals surface area contributed by atoms with Gasteiger partial charge in [-0.25, -0.2) is 0 Å². The molecule has 0 aliphatic carbocycles. The summed E-state index contributed by atoms with van der Waals surface area (Å²) >= 11 is 18.2. The minimum Gasteiger partial charge on any atom is -0.490 e. The van der Waals surface area contributed by atoms with E-state index in [1.54, 1.807) is 67.0 Å². The summed E-state index contributed by atoms with van der Waals surface area (Å²) < 4.78 is 5.79. The van der Waals surface area contributed by atoms with Crippen molar-refractivity contribution in [1.82, 2.24) is 4.98 Å². The number of benzene rings is 4. The van der Waals surface area contributed by atoms with Gasteiger partial charge < -0.3 is 9.84 Å². The first-order chi connectivity index (χ1) is 17.0. The number of nitrogens with zero attached hydrogens (tertiary/aromatic N) is 1. The van der Waals surface area contributed by atoms with Crippen LogP contribution in [0.1, 0.15) is 11.1 Å². The number of rotatable bonds is 5. The molecule has 4 aromatic carbocycles. The van der Waals surface area contributed by atoms with Crippen molar-refractivity contribution in [2.75, 3.05) is 6.61 Å². The number of aromatic nitrogens is 1. The zero-order valence-electron chi connectivity index (χ0n) is 18.6. The molecule has 1 unspecified atom stereocenters. The summed E-state index contributed by atoms with van der Waals surface area (Å²) in [6.45, 7) is -0.0539. The molecule has 3 nitrogen and oxygen atoms in total. The predicted molar refractivity (Wildman–Crippen MR) is 145 cm³/mol. The van der Waals surface area contributed by atoms with Crippen molar-refractivity contribution in [3.05, 3.63) is 142 Å². The maximum absolute atomic E-state index is 11.4. The van der Waals surface area contributed by atoms with Gasteiger partial charge in [-0.3, -0.25) is 4.98 Å². The van der Waals surface area contributed by atoms with Crippen molar-refractivity contribution >= 4 is 45.6 Å². The lowest BCUT2D eigenvalue weighted by atomic mass is 9.88. The number of ether oxygens (including phenoxy) is 1. The highest BCUT2D eigenvalue weighted by Gasteiger charge is 2.35. The van der Waals surface area contributed by atoms with E-state index in [9.17, 15) is 5.11 Å². The summed E-state index contributed by atoms with van der Waals surface area (Å²) in [5.41, 5.74) is -0.441. The van der Waals surface area contributed by atoms with Crippen LogP contribution < -0.4 is 4.74 Å². The monoisotopic (exact) mass is 521 g/mol. The minimum atomic E-state index is -1.49. The van der Waals surface area contributed by atoms with Gasteiger partial charge in [0.15, 0.2) is 5.60 Å². The third-order valence-electron chi connectivity index (χ3n) is 5.44. The largest absolute Gasteiger partial charge is 0.490 e. The first-order valence-electron chi connectivity index (χ1n) is 10.9. The summed E-state index contributed by atoms with van der Waals surface area (Å²) in [6, 6.07) is 32.1. The highest BCUT2D eigenvalue weighted by molar-refractivity contribution is 6.35. The van der Waals surface area contributed by atoms with E-state index < -0.39 is 5.60 Å². The maximum Gasteiger partial charge on any atom is 0.151 e. The molecule has 5 aromatic rings. The third kappa shape index (κ3) is 6.33. The van der Waals surface area contributed by atoms with Gasteiger partial charge in [0.05, 0.1) is 0 Å². The van der Waals surface area contributed by atoms with Crippen molar-refractivity contribution in [3.8, 4) is 5.75 Å². The Hall–Kier alpha value is -3.08. The van der Waals surface area contributed by atoms with Gasteiger partial charge in [-0.05, 0) is 53.2 Å². The van der Waals surface area contributed by atoms with E-state index in [2.05, 4.69) is 53.5 Å². The Kier molecular flexibility index (Phi) is 8.27. The van der Waals surface area contributed by atoms with E-state index in [1.165, 1.54) is 10.8 Å². The number of pyridine rings is 1. The van der Waals surface area contributed by atoms with Crippen LogP contribution in [0.3, 0.4) is 0 Å². The molecule has 1 heterocycles. The Balaban J connectivity index is 0.000000239. The quantitative estimate of drug-likeness (QED) is 0.253. The van der Waals surface area contributed by atoms with Crippen LogP contribution >= 0.6 is 34.8 Å². The van der Waals surface area contributed by atoms with E-state index in [1.807, 2.05) is 0 Å². The lowest BCUT2D eigenvalue weighted by Gasteiger charge is -2.30. The number of fused-ring (bicyclic) bond motifs is 1. The first kappa shape index (κ1) is 25.0. The molecule has 0 saturated heterocycles. The summed E-state index contributed by atoms with van der Waals surface area (Å²) in [5, 5.41) is 15.5. The number of hydrogen-bond acceptors (Lipinski definition) is 3. The van der Waals surface area contributed by atoms with Gasteiger partial charge in [0.2, 0.25) is 0 Å². The van der Waals surface area contributed by atoms with Gasteiger partial charge >= 0.3 is 0 Å². The topological polar surface area (TPSA) is 42.4 Å². The molecule has 1 aromatic heterocycles. The molecule has 5 rings (SSSR count). The van der Waals surface area contributed by atoms with Crippen molar-refractivity contribution in [3.63, 3.8) is 0 Å². The van der Waals surface area contributed by atoms with Crippen molar-refractivity contribution in [1.29, 1.82) is 0 Å². The first-order valence-corrected chi connectivity index (χ1v) is 12.0. The lowest BCUT2D eigenvalue weighted by molar-refractivity contribution is 0.0274. The number of hydrogen-bond donors (Lipinski definition) is 1. The predicted octanol–water partition coefficient (Wildman–Crippen LogP) is 8.20. The molecule has 1 atom stereocenters. The molecule has 0 radical (unpaired) electrons. The van der Waals surface area contributed by atoms with Crippen LogP contribution in [-0.2, 0) is 5.60 Å². The Bertz CT molecular complexity index is 1330. The summed E-state index contributed by atoms with van der Waals surface area (Å²) in [7, 11) is 0. The SMILES string of the molecule is OC(COc1ccc(Cl)cc1)(c1cccnc1)c1ccc(Cl)cc1Cl.c1ccc2ccccc2c1. The molecule has 0 spiro atoms. The van der Waals surface area contributed by atoms with E-state index in [0.717, 1.165) is 0 Å². The maximum atomic E-state index is 11.4. The summed E-state index contributed by atoms with van der Waals surface area (Å²) in [4.78, 5) is 4.09. The van der Waals surface area contributed by atoms with E-state index in [4.69, 9.17) is 39.5 Å². The van der Waals surface area contributed by atoms with Gasteiger partial charge in [-0.15, -0.1) is 0 Å². The fourth-order valence-corrected chi connectivity index (χ4v) is 4.29. The molecule has 6 heteroatoms. The zero-order chi connectivity index (χ0) is 24.7. The second-order valence-electron chi connectivity index (χ2n) is 7.82. The molecule has 0 aliphatic heterocycles. The van der Waals surface area contributed by atoms with Crippen LogP contribution in [0.5, 0.6) is 5.75 Å². The van der Waals surface area contributed by atoms with Crippen LogP contribution in [-0.4, -0.2) is 16.7 Å². The Morgan fingerprint density at radius 2 is 1.31 bits per heavy atom. The number of aliphatic hydroxyl groups is 1. The van der Waals surface area contributed by atoms with Crippen LogP contribution in [0.15, 0.2) is 116 Å². The van der Waals surface area contributed by atoms with Crippen LogP contribution in [0.25, 0.3) is 10.8 Å². The zero-order valence-corrected chi connectivity index (χ0v) is 20.9. The second kappa shape index (κ2) is 11.6. The minimum absolute atomic E-state index is 0.0539. The normalized spacial score (nSPS) is 12.3. The molecule has 0 bridgehead atoms. The fraction of sp³-hybridized carbons (Fsp3) is 0.0690. The van der Waals surface area contributed by atoms with Gasteiger partial charge in [0.25, 0.3) is 0 Å². The van der Waals surface area contributed by atoms with E-state index in [0.29, 0.717) is 31.9 Å². The Morgan fingerprint density at radius 3 is 1.86 bits per heavy atom. The highest BCUT2D eigenvalue weighted by atomic mass is 35.5. The standard InChI is InChI=1S/C19H14Cl3NO2.C10H8/c20-14-3-6-16(7-4-14)25-12-19(24,13-2-1-9-23-11-13)17-8-5-15(21)10-18(17)22;1-2-6-10-8-4-3-7-9(10)5-1/h1-11,24H,12H2;1-8H. The van der Waals surface area contributed by atoms with Gasteiger partial charge in [-0.1, -0.05) is 95.5 Å². The summed E-state index contributed by atoms with van der Waals surface area (Å²) in [5.74, 6) is 0.580. The molecule has 0 aliphatic rings. The molecule has 35 heavy (non-hydrogen) atoms. The molecule has 0 amide bonds. The Morgan fingerprint density at radius 1 is 0.714 bits per heavy atom. The number of halogens is 3. The second-order valence-corrected chi connectivity index (χ2v) is 9.10. The Labute approximate surface area is 219 Å². The van der Waals surface area contributed by atoms with E-state index in [-0.39, 0.29) is 6.61 Å². The molecule has 176 valence electrons. The average molecular weight is 523 g/mol. The van der Waals surface area contributed by atoms with Crippen LogP contribution in [0.4, 0.5) is 0 Å². The fourth-order valence-electron chi connectivity index (χ4n) is 3.60. The summed E-state index contributed by atoms with van der Waals surface area (Å²) in [6.07, 6.45) is 3.21. The highest BCUT2D eigenvalue weighted by Crippen LogP contribution is 2.36. The molecular weight excluding hydrogens is 501 g/mol. The van der Waals surface area contributed by atoms with Gasteiger partial charge in [0.1, 0.15) is 12.4 Å². The van der Waals surface area contributed by atoms with Gasteiger partial charge in [-0.2, -0.15) is 0 Å². The van der Waals surface area contributed by atoms with Crippen molar-refractivity contribution in [2.45, 2.75) is 5.60 Å². The van der Waals surface area contributed by atoms with Gasteiger partial charge in [0, 0.05) is 38.6 Å². The lowest BCUT2D eigenvalue weighted by Crippen LogP contribution is -2.35. The average Bonchev–Trinajstić information content (AvgIpc) is 2.89. The smallest absolute Gasteiger partial charge is 0.151 e.